The van der Waals surface area contributed by atoms with Gasteiger partial charge in [0.15, 0.2) is 6.04 Å². The van der Waals surface area contributed by atoms with Gasteiger partial charge in [-0.25, -0.2) is 4.79 Å². The molecule has 1 aromatic carbocycles. The summed E-state index contributed by atoms with van der Waals surface area (Å²) >= 11 is 0. The second-order valence-corrected chi connectivity index (χ2v) is 5.22. The average molecular weight is 309 g/mol. The summed E-state index contributed by atoms with van der Waals surface area (Å²) in [5.74, 6) is 0. The van der Waals surface area contributed by atoms with Crippen LogP contribution >= 0.6 is 0 Å². The molecule has 0 saturated heterocycles. The molecular weight excluding hydrogens is 295 g/mol. The third-order valence-corrected chi connectivity index (χ3v) is 3.85. The summed E-state index contributed by atoms with van der Waals surface area (Å²) in [6, 6.07) is 5.72. The summed E-state index contributed by atoms with van der Waals surface area (Å²) < 4.78 is 44.3. The number of rotatable bonds is 2. The van der Waals surface area contributed by atoms with Crippen molar-refractivity contribution in [2.24, 2.45) is 14.1 Å². The van der Waals surface area contributed by atoms with Gasteiger partial charge in [-0.05, 0) is 29.8 Å². The van der Waals surface area contributed by atoms with E-state index in [1.54, 1.807) is 32.3 Å². The molecule has 4 nitrogen and oxygen atoms in total. The molecule has 22 heavy (non-hydrogen) atoms. The van der Waals surface area contributed by atoms with E-state index in [2.05, 4.69) is 0 Å². The van der Waals surface area contributed by atoms with E-state index < -0.39 is 12.2 Å². The number of alkyl halides is 3. The fourth-order valence-electron chi connectivity index (χ4n) is 2.74. The van der Waals surface area contributed by atoms with E-state index in [1.165, 1.54) is 33.7 Å². The van der Waals surface area contributed by atoms with Crippen LogP contribution in [0.5, 0.6) is 0 Å². The molecule has 0 aliphatic rings. The zero-order valence-electron chi connectivity index (χ0n) is 12.0. The molecule has 0 spiro atoms. The fraction of sp³-hybridized carbons (Fsp3) is 0.267. The zero-order valence-corrected chi connectivity index (χ0v) is 12.0. The van der Waals surface area contributed by atoms with Crippen LogP contribution in [0.15, 0.2) is 47.5 Å². The van der Waals surface area contributed by atoms with Crippen LogP contribution < -0.4 is 5.69 Å². The Balaban J connectivity index is 2.23. The Morgan fingerprint density at radius 3 is 2.18 bits per heavy atom. The SMILES string of the molecule is Cn1c(=O)n(C)c2cc(C(n3cccc3)C(F)(F)F)ccc21. The van der Waals surface area contributed by atoms with Crippen LogP contribution in [0.4, 0.5) is 13.2 Å². The molecule has 0 bridgehead atoms. The Bertz CT molecular complexity index is 872. The molecule has 3 aromatic rings. The van der Waals surface area contributed by atoms with Crippen molar-refractivity contribution in [3.05, 3.63) is 58.8 Å². The lowest BCUT2D eigenvalue weighted by Gasteiger charge is -2.22. The molecule has 116 valence electrons. The molecule has 2 aromatic heterocycles. The number of aromatic nitrogens is 3. The summed E-state index contributed by atoms with van der Waals surface area (Å²) in [6.45, 7) is 0. The van der Waals surface area contributed by atoms with Gasteiger partial charge in [0.05, 0.1) is 11.0 Å². The number of aryl methyl sites for hydroxylation is 2. The number of hydrogen-bond acceptors (Lipinski definition) is 1. The maximum Gasteiger partial charge on any atom is 0.413 e. The minimum Gasteiger partial charge on any atom is -0.338 e. The summed E-state index contributed by atoms with van der Waals surface area (Å²) in [7, 11) is 3.14. The van der Waals surface area contributed by atoms with Gasteiger partial charge in [0.1, 0.15) is 0 Å². The van der Waals surface area contributed by atoms with E-state index in [-0.39, 0.29) is 11.3 Å². The first-order chi connectivity index (χ1) is 10.3. The van der Waals surface area contributed by atoms with E-state index in [0.29, 0.717) is 11.0 Å². The molecule has 1 atom stereocenters. The van der Waals surface area contributed by atoms with Gasteiger partial charge >= 0.3 is 11.9 Å². The Kier molecular flexibility index (Phi) is 3.16. The van der Waals surface area contributed by atoms with Gasteiger partial charge in [-0.1, -0.05) is 6.07 Å². The van der Waals surface area contributed by atoms with Gasteiger partial charge < -0.3 is 4.57 Å². The van der Waals surface area contributed by atoms with Crippen LogP contribution in [-0.2, 0) is 14.1 Å². The van der Waals surface area contributed by atoms with E-state index >= 15 is 0 Å². The monoisotopic (exact) mass is 309 g/mol. The highest BCUT2D eigenvalue weighted by atomic mass is 19.4. The van der Waals surface area contributed by atoms with E-state index in [1.807, 2.05) is 0 Å². The second kappa shape index (κ2) is 4.79. The van der Waals surface area contributed by atoms with Crippen molar-refractivity contribution in [1.82, 2.24) is 13.7 Å². The number of hydrogen-bond donors (Lipinski definition) is 0. The van der Waals surface area contributed by atoms with Crippen molar-refractivity contribution in [3.63, 3.8) is 0 Å². The Labute approximate surface area is 124 Å². The Morgan fingerprint density at radius 1 is 1.00 bits per heavy atom. The van der Waals surface area contributed by atoms with Gasteiger partial charge in [0.2, 0.25) is 0 Å². The zero-order chi connectivity index (χ0) is 16.1. The molecule has 2 heterocycles. The molecule has 0 amide bonds. The quantitative estimate of drug-likeness (QED) is 0.716. The molecule has 0 N–H and O–H groups in total. The molecule has 0 aliphatic heterocycles. The van der Waals surface area contributed by atoms with Crippen LogP contribution in [0.1, 0.15) is 11.6 Å². The van der Waals surface area contributed by atoms with Crippen molar-refractivity contribution in [3.8, 4) is 0 Å². The Hall–Kier alpha value is -2.44. The van der Waals surface area contributed by atoms with Crippen molar-refractivity contribution in [1.29, 1.82) is 0 Å². The van der Waals surface area contributed by atoms with Crippen molar-refractivity contribution >= 4 is 11.0 Å². The number of fused-ring (bicyclic) bond motifs is 1. The molecular formula is C15H14F3N3O. The van der Waals surface area contributed by atoms with Crippen LogP contribution in [0.25, 0.3) is 11.0 Å². The smallest absolute Gasteiger partial charge is 0.338 e. The standard InChI is InChI=1S/C15H14F3N3O/c1-19-11-6-5-10(9-12(11)20(2)14(19)22)13(15(16,17)18)21-7-3-4-8-21/h3-9,13H,1-2H3. The lowest BCUT2D eigenvalue weighted by Crippen LogP contribution is -2.26. The number of halogens is 3. The fourth-order valence-corrected chi connectivity index (χ4v) is 2.74. The summed E-state index contributed by atoms with van der Waals surface area (Å²) in [4.78, 5) is 11.9. The van der Waals surface area contributed by atoms with Gasteiger partial charge in [-0.3, -0.25) is 9.13 Å². The minimum absolute atomic E-state index is 0.0948. The van der Waals surface area contributed by atoms with Crippen LogP contribution in [0.3, 0.4) is 0 Å². The molecule has 1 unspecified atom stereocenters. The highest BCUT2D eigenvalue weighted by molar-refractivity contribution is 5.77. The van der Waals surface area contributed by atoms with Crippen molar-refractivity contribution < 1.29 is 13.2 Å². The average Bonchev–Trinajstić information content (AvgIpc) is 3.03. The maximum atomic E-state index is 13.5. The lowest BCUT2D eigenvalue weighted by atomic mass is 10.1. The number of benzene rings is 1. The van der Waals surface area contributed by atoms with E-state index in [9.17, 15) is 18.0 Å². The molecule has 0 saturated carbocycles. The predicted octanol–water partition coefficient (Wildman–Crippen LogP) is 2.83. The predicted molar refractivity (Wildman–Crippen MR) is 76.8 cm³/mol. The highest BCUT2D eigenvalue weighted by Gasteiger charge is 2.42. The van der Waals surface area contributed by atoms with Crippen molar-refractivity contribution in [2.45, 2.75) is 12.2 Å². The van der Waals surface area contributed by atoms with Gasteiger partial charge in [-0.15, -0.1) is 0 Å². The van der Waals surface area contributed by atoms with Gasteiger partial charge in [0.25, 0.3) is 0 Å². The first-order valence-electron chi connectivity index (χ1n) is 6.65. The first kappa shape index (κ1) is 14.5. The normalized spacial score (nSPS) is 13.7. The minimum atomic E-state index is -4.43. The van der Waals surface area contributed by atoms with E-state index in [0.717, 1.165) is 4.57 Å². The highest BCUT2D eigenvalue weighted by Crippen LogP contribution is 2.37. The molecule has 0 fully saturated rings. The third-order valence-electron chi connectivity index (χ3n) is 3.85. The van der Waals surface area contributed by atoms with Gasteiger partial charge in [0, 0.05) is 26.5 Å². The molecule has 0 radical (unpaired) electrons. The largest absolute Gasteiger partial charge is 0.413 e. The second-order valence-electron chi connectivity index (χ2n) is 5.22. The third kappa shape index (κ3) is 2.13. The summed E-state index contributed by atoms with van der Waals surface area (Å²) in [5, 5.41) is 0. The molecule has 7 heteroatoms. The maximum absolute atomic E-state index is 13.5. The number of imidazole rings is 1. The van der Waals surface area contributed by atoms with E-state index in [4.69, 9.17) is 0 Å². The topological polar surface area (TPSA) is 31.9 Å². The first-order valence-corrected chi connectivity index (χ1v) is 6.65. The summed E-state index contributed by atoms with van der Waals surface area (Å²) in [5.41, 5.74) is 0.908. The molecule has 3 rings (SSSR count). The van der Waals surface area contributed by atoms with Crippen LogP contribution in [0.2, 0.25) is 0 Å². The Morgan fingerprint density at radius 2 is 1.59 bits per heavy atom. The van der Waals surface area contributed by atoms with Crippen LogP contribution in [0, 0.1) is 0 Å². The summed E-state index contributed by atoms with van der Waals surface area (Å²) in [6.07, 6.45) is -1.67. The lowest BCUT2D eigenvalue weighted by molar-refractivity contribution is -0.156. The van der Waals surface area contributed by atoms with Crippen LogP contribution in [-0.4, -0.2) is 19.9 Å². The van der Waals surface area contributed by atoms with Gasteiger partial charge in [-0.2, -0.15) is 13.2 Å². The van der Waals surface area contributed by atoms with Crippen molar-refractivity contribution in [2.75, 3.05) is 0 Å². The molecule has 0 aliphatic carbocycles. The number of nitrogens with zero attached hydrogens (tertiary/aromatic N) is 3.